The van der Waals surface area contributed by atoms with Crippen molar-refractivity contribution in [2.75, 3.05) is 0 Å². The lowest BCUT2D eigenvalue weighted by molar-refractivity contribution is 0.112. The summed E-state index contributed by atoms with van der Waals surface area (Å²) in [6, 6.07) is 5.99. The van der Waals surface area contributed by atoms with Gasteiger partial charge in [0, 0.05) is 15.5 Å². The Morgan fingerprint density at radius 3 is 3.07 bits per heavy atom. The molecule has 1 N–H and O–H groups in total. The summed E-state index contributed by atoms with van der Waals surface area (Å²) in [5.41, 5.74) is 1.43. The van der Waals surface area contributed by atoms with E-state index in [1.54, 1.807) is 11.3 Å². The first-order valence-corrected chi connectivity index (χ1v) is 5.07. The third kappa shape index (κ3) is 0.858. The van der Waals surface area contributed by atoms with Gasteiger partial charge in [-0.25, -0.2) is 0 Å². The SMILES string of the molecule is O=Cc1n[nH]c2c1ccc1sccc12. The van der Waals surface area contributed by atoms with Gasteiger partial charge in [0.2, 0.25) is 0 Å². The molecule has 0 saturated heterocycles. The standard InChI is InChI=1S/C10H6N2OS/c13-5-8-6-1-2-9-7(3-4-14-9)10(6)12-11-8/h1-5H,(H,11,12). The van der Waals surface area contributed by atoms with Gasteiger partial charge in [-0.1, -0.05) is 0 Å². The molecule has 0 unspecified atom stereocenters. The number of aldehydes is 1. The molecule has 0 aliphatic carbocycles. The fourth-order valence-electron chi connectivity index (χ4n) is 1.64. The Balaban J connectivity index is 2.58. The van der Waals surface area contributed by atoms with E-state index < -0.39 is 0 Å². The van der Waals surface area contributed by atoms with Crippen molar-refractivity contribution in [2.45, 2.75) is 0 Å². The molecule has 3 aromatic rings. The van der Waals surface area contributed by atoms with Crippen molar-refractivity contribution in [3.05, 3.63) is 29.3 Å². The van der Waals surface area contributed by atoms with Crippen LogP contribution in [-0.4, -0.2) is 16.5 Å². The normalized spacial score (nSPS) is 11.1. The van der Waals surface area contributed by atoms with Crippen LogP contribution in [0.3, 0.4) is 0 Å². The van der Waals surface area contributed by atoms with Crippen LogP contribution < -0.4 is 0 Å². The second-order valence-corrected chi connectivity index (χ2v) is 3.99. The average molecular weight is 202 g/mol. The van der Waals surface area contributed by atoms with E-state index in [0.29, 0.717) is 5.69 Å². The second kappa shape index (κ2) is 2.65. The van der Waals surface area contributed by atoms with E-state index in [0.717, 1.165) is 22.6 Å². The van der Waals surface area contributed by atoms with E-state index in [1.165, 1.54) is 4.70 Å². The van der Waals surface area contributed by atoms with Crippen LogP contribution in [0.2, 0.25) is 0 Å². The summed E-state index contributed by atoms with van der Waals surface area (Å²) >= 11 is 1.68. The molecule has 14 heavy (non-hydrogen) atoms. The largest absolute Gasteiger partial charge is 0.296 e. The van der Waals surface area contributed by atoms with Crippen molar-refractivity contribution in [3.8, 4) is 0 Å². The molecule has 3 rings (SSSR count). The zero-order valence-corrected chi connectivity index (χ0v) is 7.97. The molecule has 2 heterocycles. The molecule has 68 valence electrons. The predicted molar refractivity (Wildman–Crippen MR) is 56.9 cm³/mol. The van der Waals surface area contributed by atoms with Gasteiger partial charge in [0.15, 0.2) is 6.29 Å². The Bertz CT molecular complexity index is 623. The van der Waals surface area contributed by atoms with Crippen molar-refractivity contribution in [3.63, 3.8) is 0 Å². The first-order chi connectivity index (χ1) is 6.90. The van der Waals surface area contributed by atoms with Crippen LogP contribution in [0.1, 0.15) is 10.5 Å². The summed E-state index contributed by atoms with van der Waals surface area (Å²) < 4.78 is 1.21. The second-order valence-electron chi connectivity index (χ2n) is 3.05. The van der Waals surface area contributed by atoms with Gasteiger partial charge < -0.3 is 0 Å². The van der Waals surface area contributed by atoms with Gasteiger partial charge in [-0.2, -0.15) is 5.10 Å². The van der Waals surface area contributed by atoms with Crippen LogP contribution >= 0.6 is 11.3 Å². The summed E-state index contributed by atoms with van der Waals surface area (Å²) in [5, 5.41) is 10.9. The molecule has 0 radical (unpaired) electrons. The Hall–Kier alpha value is -1.68. The molecule has 0 atom stereocenters. The van der Waals surface area contributed by atoms with Gasteiger partial charge in [0.1, 0.15) is 5.69 Å². The summed E-state index contributed by atoms with van der Waals surface area (Å²) in [6.07, 6.45) is 0.775. The number of nitrogens with zero attached hydrogens (tertiary/aromatic N) is 1. The van der Waals surface area contributed by atoms with Crippen LogP contribution in [0, 0.1) is 0 Å². The number of hydrogen-bond acceptors (Lipinski definition) is 3. The number of fused-ring (bicyclic) bond motifs is 3. The number of aromatic amines is 1. The van der Waals surface area contributed by atoms with Gasteiger partial charge in [-0.05, 0) is 23.6 Å². The highest BCUT2D eigenvalue weighted by Gasteiger charge is 2.07. The maximum atomic E-state index is 10.7. The number of hydrogen-bond donors (Lipinski definition) is 1. The molecule has 0 spiro atoms. The van der Waals surface area contributed by atoms with Crippen LogP contribution in [0.25, 0.3) is 21.0 Å². The van der Waals surface area contributed by atoms with E-state index in [2.05, 4.69) is 10.2 Å². The Morgan fingerprint density at radius 2 is 2.21 bits per heavy atom. The molecule has 0 amide bonds. The van der Waals surface area contributed by atoms with Gasteiger partial charge in [0.05, 0.1) is 5.52 Å². The molecule has 0 fully saturated rings. The van der Waals surface area contributed by atoms with Gasteiger partial charge in [0.25, 0.3) is 0 Å². The van der Waals surface area contributed by atoms with Crippen molar-refractivity contribution in [2.24, 2.45) is 0 Å². The molecule has 3 nitrogen and oxygen atoms in total. The lowest BCUT2D eigenvalue weighted by Crippen LogP contribution is -1.77. The summed E-state index contributed by atoms with van der Waals surface area (Å²) in [7, 11) is 0. The van der Waals surface area contributed by atoms with Crippen molar-refractivity contribution in [1.29, 1.82) is 0 Å². The Kier molecular flexibility index (Phi) is 1.46. The van der Waals surface area contributed by atoms with E-state index in [4.69, 9.17) is 0 Å². The van der Waals surface area contributed by atoms with Crippen LogP contribution in [0.15, 0.2) is 23.6 Å². The first kappa shape index (κ1) is 7.70. The highest BCUT2D eigenvalue weighted by molar-refractivity contribution is 7.17. The quantitative estimate of drug-likeness (QED) is 0.616. The zero-order valence-electron chi connectivity index (χ0n) is 7.15. The molecule has 0 aliphatic heterocycles. The average Bonchev–Trinajstić information content (AvgIpc) is 2.82. The van der Waals surface area contributed by atoms with Crippen LogP contribution in [-0.2, 0) is 0 Å². The molecule has 0 aliphatic rings. The van der Waals surface area contributed by atoms with E-state index in [9.17, 15) is 4.79 Å². The van der Waals surface area contributed by atoms with E-state index >= 15 is 0 Å². The van der Waals surface area contributed by atoms with E-state index in [-0.39, 0.29) is 0 Å². The number of carbonyl (C=O) groups is 1. The maximum absolute atomic E-state index is 10.7. The molecule has 4 heteroatoms. The fraction of sp³-hybridized carbons (Fsp3) is 0. The molecule has 1 aromatic carbocycles. The summed E-state index contributed by atoms with van der Waals surface area (Å²) in [5.74, 6) is 0. The smallest absolute Gasteiger partial charge is 0.170 e. The molecule has 2 aromatic heterocycles. The first-order valence-electron chi connectivity index (χ1n) is 4.19. The number of aromatic nitrogens is 2. The highest BCUT2D eigenvalue weighted by atomic mass is 32.1. The number of rotatable bonds is 1. The van der Waals surface area contributed by atoms with Crippen molar-refractivity contribution in [1.82, 2.24) is 10.2 Å². The maximum Gasteiger partial charge on any atom is 0.170 e. The lowest BCUT2D eigenvalue weighted by Gasteiger charge is -1.91. The van der Waals surface area contributed by atoms with Gasteiger partial charge in [-0.3, -0.25) is 9.89 Å². The van der Waals surface area contributed by atoms with Gasteiger partial charge in [-0.15, -0.1) is 11.3 Å². The molecular formula is C10H6N2OS. The lowest BCUT2D eigenvalue weighted by atomic mass is 10.1. The van der Waals surface area contributed by atoms with Crippen LogP contribution in [0.5, 0.6) is 0 Å². The number of nitrogens with one attached hydrogen (secondary N) is 1. The molecule has 0 saturated carbocycles. The fourth-order valence-corrected chi connectivity index (χ4v) is 2.44. The summed E-state index contributed by atoms with van der Waals surface area (Å²) in [4.78, 5) is 10.7. The minimum atomic E-state index is 0.480. The third-order valence-electron chi connectivity index (χ3n) is 2.31. The summed E-state index contributed by atoms with van der Waals surface area (Å²) in [6.45, 7) is 0. The monoisotopic (exact) mass is 202 g/mol. The number of benzene rings is 1. The zero-order chi connectivity index (χ0) is 9.54. The minimum absolute atomic E-state index is 0.480. The van der Waals surface area contributed by atoms with Crippen molar-refractivity contribution < 1.29 is 4.79 Å². The number of carbonyl (C=O) groups excluding carboxylic acids is 1. The highest BCUT2D eigenvalue weighted by Crippen LogP contribution is 2.28. The van der Waals surface area contributed by atoms with Gasteiger partial charge >= 0.3 is 0 Å². The molecule has 0 bridgehead atoms. The Morgan fingerprint density at radius 1 is 1.29 bits per heavy atom. The van der Waals surface area contributed by atoms with Crippen LogP contribution in [0.4, 0.5) is 0 Å². The third-order valence-corrected chi connectivity index (χ3v) is 3.19. The number of thiophene rings is 1. The molecular weight excluding hydrogens is 196 g/mol. The van der Waals surface area contributed by atoms with Crippen molar-refractivity contribution >= 4 is 38.6 Å². The predicted octanol–water partition coefficient (Wildman–Crippen LogP) is 2.59. The number of H-pyrrole nitrogens is 1. The minimum Gasteiger partial charge on any atom is -0.296 e. The topological polar surface area (TPSA) is 45.8 Å². The Labute approximate surface area is 83.4 Å². The van der Waals surface area contributed by atoms with E-state index in [1.807, 2.05) is 23.6 Å².